The number of hydrogen-bond donors (Lipinski definition) is 15. The van der Waals surface area contributed by atoms with Gasteiger partial charge in [-0.1, -0.05) is 52.3 Å². The molecule has 4 aliphatic heterocycles. The summed E-state index contributed by atoms with van der Waals surface area (Å²) in [6.07, 6.45) is -7.95. The van der Waals surface area contributed by atoms with Crippen molar-refractivity contribution < 1.29 is 92.9 Å². The Kier molecular flexibility index (Phi) is 29.4. The Morgan fingerprint density at radius 1 is 0.656 bits per heavy atom. The molecule has 1 aromatic rings. The molecule has 4 aliphatic rings. The van der Waals surface area contributed by atoms with Gasteiger partial charge in [0, 0.05) is 32.5 Å². The zero-order valence-corrected chi connectivity index (χ0v) is 54.0. The van der Waals surface area contributed by atoms with E-state index in [0.29, 0.717) is 30.6 Å². The van der Waals surface area contributed by atoms with Crippen LogP contribution in [0.1, 0.15) is 131 Å². The van der Waals surface area contributed by atoms with E-state index in [2.05, 4.69) is 42.5 Å². The van der Waals surface area contributed by atoms with Gasteiger partial charge in [-0.05, 0) is 114 Å². The standard InChI is InChI=1S/C62H96N12O19/c1-8-33(5)50-58(88)69-42(31-75)55(85)65-38(9-2)54(84)71-51(34(6)76)59(89)67-40(21-18-35-16-19-37(93-7)20-17-35)61(91)73-25-10-13-43(73)56(86)68-41(28-36(77)29-47(79)46(78)27-32(3)4)52(82)60(90)66-39(22-23-48(63)80)53(83)64-30-49(81)72-24-12-15-45(72)62(92)74-26-11-14-44(74)57(87)70-50/h9,16-17,19-20,32-34,36,39-47,50-52,75-79,82H,8,10-15,18,21-31H2,1-7H3,(H2,63,80)(H,64,83)(H,65,85)(H,66,90)(H,67,89)(H,68,86)(H,69,88)(H,70,87)(H,71,84)/b38-9+/t33-,34+,36+,39+,40+,41+,42-,43-,44-,45-,46+,47-,50+,51-,52+/m0/s1. The van der Waals surface area contributed by atoms with Crippen LogP contribution in [-0.4, -0.2) is 241 Å². The molecule has 15 atom stereocenters. The van der Waals surface area contributed by atoms with Crippen molar-refractivity contribution in [3.63, 3.8) is 0 Å². The van der Waals surface area contributed by atoms with E-state index in [0.717, 1.165) is 17.9 Å². The molecule has 0 spiro atoms. The summed E-state index contributed by atoms with van der Waals surface area (Å²) in [6, 6.07) is -6.79. The van der Waals surface area contributed by atoms with Gasteiger partial charge in [-0.2, -0.15) is 0 Å². The van der Waals surface area contributed by atoms with Crippen LogP contribution in [0.4, 0.5) is 0 Å². The first-order valence-corrected chi connectivity index (χ1v) is 31.9. The molecule has 4 fully saturated rings. The fraction of sp³-hybridized carbons (Fsp3) is 0.677. The average molecular weight is 1310 g/mol. The first-order chi connectivity index (χ1) is 44.0. The third kappa shape index (κ3) is 21.3. The number of carbonyl (C=O) groups excluding carboxylic acids is 12. The number of ether oxygens (including phenoxy) is 1. The predicted octanol–water partition coefficient (Wildman–Crippen LogP) is -4.39. The van der Waals surface area contributed by atoms with Gasteiger partial charge in [0.1, 0.15) is 59.8 Å². The molecule has 0 radical (unpaired) electrons. The van der Waals surface area contributed by atoms with E-state index in [-0.39, 0.29) is 70.5 Å². The van der Waals surface area contributed by atoms with Crippen molar-refractivity contribution in [3.8, 4) is 5.75 Å². The number of nitrogens with zero attached hydrogens (tertiary/aromatic N) is 3. The third-order valence-corrected chi connectivity index (χ3v) is 17.4. The van der Waals surface area contributed by atoms with E-state index in [4.69, 9.17) is 10.5 Å². The van der Waals surface area contributed by atoms with Gasteiger partial charge in [-0.3, -0.25) is 57.5 Å². The lowest BCUT2D eigenvalue weighted by Crippen LogP contribution is -2.61. The van der Waals surface area contributed by atoms with Gasteiger partial charge in [-0.15, -0.1) is 0 Å². The summed E-state index contributed by atoms with van der Waals surface area (Å²) in [6.45, 7) is 7.76. The lowest BCUT2D eigenvalue weighted by atomic mass is 9.94. The zero-order valence-electron chi connectivity index (χ0n) is 54.0. The highest BCUT2D eigenvalue weighted by Gasteiger charge is 2.45. The molecule has 4 heterocycles. The Labute approximate surface area is 540 Å². The first-order valence-electron chi connectivity index (χ1n) is 31.9. The highest BCUT2D eigenvalue weighted by atomic mass is 16.5. The van der Waals surface area contributed by atoms with Gasteiger partial charge < -0.3 is 98.3 Å². The van der Waals surface area contributed by atoms with E-state index >= 15 is 0 Å². The van der Waals surface area contributed by atoms with E-state index in [1.807, 2.05) is 0 Å². The highest BCUT2D eigenvalue weighted by Crippen LogP contribution is 2.27. The summed E-state index contributed by atoms with van der Waals surface area (Å²) in [5.41, 5.74) is 5.61. The number of allylic oxidation sites excluding steroid dienone is 1. The molecule has 0 unspecified atom stereocenters. The number of amides is 12. The fourth-order valence-electron chi connectivity index (χ4n) is 11.8. The number of primary amides is 1. The van der Waals surface area contributed by atoms with Gasteiger partial charge in [0.15, 0.2) is 6.10 Å². The minimum Gasteiger partial charge on any atom is -0.497 e. The lowest BCUT2D eigenvalue weighted by Gasteiger charge is -2.33. The average Bonchev–Trinajstić information content (AvgIpc) is 1.73. The minimum absolute atomic E-state index is 0.0202. The number of nitrogens with two attached hydrogens (primary N) is 1. The first kappa shape index (κ1) is 75.9. The molecule has 12 amide bonds. The SMILES string of the molecule is C/C=C1/NC(=O)[C@H](CO)NC(=O)[C@@H]([C@@H](C)CC)NC(=O)[C@@H]2CCCN2C(=O)[C@@H]2CCCN2C(=O)CNC(=O)[C@@H](CCC(N)=O)NC(=O)[C@H](O)[C@@H](C[C@@H](O)C[C@H](O)[C@H](O)CC(C)C)NC(=O)[C@@H]2CCCN2C(=O)[C@@H](CCc2ccc(OC)cc2)NC(=O)[C@H]([C@@H](C)O)NC1=O. The number of benzene rings is 1. The van der Waals surface area contributed by atoms with E-state index < -0.39 is 206 Å². The van der Waals surface area contributed by atoms with Crippen LogP contribution < -0.4 is 53.0 Å². The number of aryl methyl sites for hydroxylation is 1. The Balaban J connectivity index is 1.55. The van der Waals surface area contributed by atoms with Gasteiger partial charge in [0.2, 0.25) is 59.1 Å². The second-order valence-electron chi connectivity index (χ2n) is 24.8. The smallest absolute Gasteiger partial charge is 0.268 e. The summed E-state index contributed by atoms with van der Waals surface area (Å²) in [7, 11) is 1.47. The maximum Gasteiger partial charge on any atom is 0.268 e. The second-order valence-corrected chi connectivity index (χ2v) is 24.8. The fourth-order valence-corrected chi connectivity index (χ4v) is 11.8. The second kappa shape index (κ2) is 36.0. The van der Waals surface area contributed by atoms with Crippen molar-refractivity contribution in [1.29, 1.82) is 0 Å². The van der Waals surface area contributed by atoms with Crippen molar-refractivity contribution in [1.82, 2.24) is 57.2 Å². The maximum atomic E-state index is 15.0. The molecule has 518 valence electrons. The summed E-state index contributed by atoms with van der Waals surface area (Å²) in [5, 5.41) is 86.1. The number of hydrogen-bond acceptors (Lipinski definition) is 19. The monoisotopic (exact) mass is 1310 g/mol. The number of aliphatic hydroxyl groups is 6. The molecule has 0 aliphatic carbocycles. The van der Waals surface area contributed by atoms with Gasteiger partial charge in [0.25, 0.3) is 11.8 Å². The molecule has 5 rings (SSSR count). The number of nitrogens with one attached hydrogen (secondary N) is 8. The van der Waals surface area contributed by atoms with Crippen molar-refractivity contribution in [3.05, 3.63) is 41.6 Å². The molecule has 93 heavy (non-hydrogen) atoms. The molecule has 16 N–H and O–H groups in total. The van der Waals surface area contributed by atoms with E-state index in [1.54, 1.807) is 52.0 Å². The normalized spacial score (nSPS) is 28.0. The maximum absolute atomic E-state index is 15.0. The molecule has 0 bridgehead atoms. The third-order valence-electron chi connectivity index (χ3n) is 17.4. The molecule has 31 heteroatoms. The number of rotatable bonds is 18. The van der Waals surface area contributed by atoms with E-state index in [9.17, 15) is 88.2 Å². The Bertz CT molecular complexity index is 2840. The Morgan fingerprint density at radius 2 is 1.22 bits per heavy atom. The molecule has 4 saturated heterocycles. The van der Waals surface area contributed by atoms with Crippen molar-refractivity contribution in [2.24, 2.45) is 17.6 Å². The lowest BCUT2D eigenvalue weighted by molar-refractivity contribution is -0.147. The molecule has 31 nitrogen and oxygen atoms in total. The summed E-state index contributed by atoms with van der Waals surface area (Å²) >= 11 is 0. The van der Waals surface area contributed by atoms with Crippen LogP contribution in [0, 0.1) is 11.8 Å². The van der Waals surface area contributed by atoms with Crippen molar-refractivity contribution >= 4 is 70.9 Å². The topological polar surface area (TPSA) is 467 Å². The Hall–Kier alpha value is -7.84. The molecule has 0 saturated carbocycles. The highest BCUT2D eigenvalue weighted by molar-refractivity contribution is 6.03. The van der Waals surface area contributed by atoms with Gasteiger partial charge >= 0.3 is 0 Å². The van der Waals surface area contributed by atoms with Crippen molar-refractivity contribution in [2.75, 3.05) is 39.9 Å². The number of carbonyl (C=O) groups is 12. The van der Waals surface area contributed by atoms with Crippen LogP contribution in [-0.2, 0) is 64.0 Å². The molecule has 1 aromatic carbocycles. The number of aliphatic hydroxyl groups excluding tert-OH is 6. The Morgan fingerprint density at radius 3 is 1.78 bits per heavy atom. The van der Waals surface area contributed by atoms with Crippen LogP contribution in [0.15, 0.2) is 36.0 Å². The summed E-state index contributed by atoms with van der Waals surface area (Å²) < 4.78 is 5.28. The minimum atomic E-state index is -2.34. The quantitative estimate of drug-likeness (QED) is 0.0617. The van der Waals surface area contributed by atoms with Gasteiger partial charge in [-0.25, -0.2) is 0 Å². The van der Waals surface area contributed by atoms with Crippen LogP contribution in [0.5, 0.6) is 5.75 Å². The summed E-state index contributed by atoms with van der Waals surface area (Å²) in [5.74, 6) is -11.6. The number of fused-ring (bicyclic) bond motifs is 3. The van der Waals surface area contributed by atoms with Crippen molar-refractivity contribution in [2.45, 2.75) is 216 Å². The van der Waals surface area contributed by atoms with Crippen LogP contribution in [0.25, 0.3) is 0 Å². The van der Waals surface area contributed by atoms with Crippen LogP contribution >= 0.6 is 0 Å². The molecule has 0 aromatic heterocycles. The zero-order chi connectivity index (χ0) is 69.0. The molecular formula is C62H96N12O19. The van der Waals surface area contributed by atoms with Gasteiger partial charge in [0.05, 0.1) is 50.7 Å². The van der Waals surface area contributed by atoms with E-state index in [1.165, 1.54) is 23.8 Å². The van der Waals surface area contributed by atoms with Crippen LogP contribution in [0.3, 0.4) is 0 Å². The molecular weight excluding hydrogens is 1220 g/mol. The summed E-state index contributed by atoms with van der Waals surface area (Å²) in [4.78, 5) is 173. The number of methoxy groups -OCH3 is 1. The van der Waals surface area contributed by atoms with Crippen LogP contribution in [0.2, 0.25) is 0 Å². The predicted molar refractivity (Wildman–Crippen MR) is 331 cm³/mol. The largest absolute Gasteiger partial charge is 0.497 e.